The van der Waals surface area contributed by atoms with Gasteiger partial charge in [0, 0.05) is 12.6 Å². The van der Waals surface area contributed by atoms with Crippen molar-refractivity contribution in [3.63, 3.8) is 0 Å². The van der Waals surface area contributed by atoms with Crippen LogP contribution in [0.4, 0.5) is 0 Å². The third-order valence-electron chi connectivity index (χ3n) is 3.30. The lowest BCUT2D eigenvalue weighted by Gasteiger charge is -2.21. The van der Waals surface area contributed by atoms with Crippen LogP contribution in [-0.4, -0.2) is 12.8 Å². The van der Waals surface area contributed by atoms with Gasteiger partial charge in [-0.2, -0.15) is 0 Å². The average Bonchev–Trinajstić information content (AvgIpc) is 2.78. The summed E-state index contributed by atoms with van der Waals surface area (Å²) in [6.45, 7) is 7.88. The summed E-state index contributed by atoms with van der Waals surface area (Å²) in [6, 6.07) is 4.69. The van der Waals surface area contributed by atoms with Crippen molar-refractivity contribution in [3.8, 4) is 11.5 Å². The van der Waals surface area contributed by atoms with Gasteiger partial charge in [-0.1, -0.05) is 20.8 Å². The first kappa shape index (κ1) is 13.7. The van der Waals surface area contributed by atoms with Crippen molar-refractivity contribution in [1.29, 1.82) is 0 Å². The summed E-state index contributed by atoms with van der Waals surface area (Å²) in [5.74, 6) is 2.29. The van der Waals surface area contributed by atoms with Gasteiger partial charge in [-0.25, -0.2) is 0 Å². The number of ether oxygens (including phenoxy) is 2. The maximum Gasteiger partial charge on any atom is 0.231 e. The summed E-state index contributed by atoms with van der Waals surface area (Å²) < 4.78 is 11.8. The van der Waals surface area contributed by atoms with Crippen LogP contribution in [0.15, 0.2) is 16.6 Å². The van der Waals surface area contributed by atoms with Crippen molar-refractivity contribution < 1.29 is 9.47 Å². The van der Waals surface area contributed by atoms with Crippen LogP contribution in [0.2, 0.25) is 0 Å². The molecule has 0 spiro atoms. The van der Waals surface area contributed by atoms with Crippen molar-refractivity contribution in [2.45, 2.75) is 39.8 Å². The van der Waals surface area contributed by atoms with Gasteiger partial charge < -0.3 is 14.8 Å². The van der Waals surface area contributed by atoms with Crippen molar-refractivity contribution in [1.82, 2.24) is 5.32 Å². The lowest BCUT2D eigenvalue weighted by atomic mass is 10.0. The molecule has 0 aromatic heterocycles. The van der Waals surface area contributed by atoms with E-state index in [4.69, 9.17) is 9.47 Å². The average molecular weight is 314 g/mol. The van der Waals surface area contributed by atoms with Gasteiger partial charge in [0.2, 0.25) is 6.79 Å². The second-order valence-corrected chi connectivity index (χ2v) is 5.81. The van der Waals surface area contributed by atoms with Crippen molar-refractivity contribution >= 4 is 15.9 Å². The molecule has 2 rings (SSSR count). The van der Waals surface area contributed by atoms with Gasteiger partial charge in [0.1, 0.15) is 0 Å². The van der Waals surface area contributed by atoms with E-state index in [1.807, 2.05) is 6.07 Å². The molecule has 3 nitrogen and oxygen atoms in total. The third-order valence-corrected chi connectivity index (χ3v) is 3.89. The Kier molecular flexibility index (Phi) is 4.51. The molecule has 0 bridgehead atoms. The van der Waals surface area contributed by atoms with Gasteiger partial charge in [0.05, 0.1) is 4.47 Å². The molecule has 0 radical (unpaired) electrons. The first-order chi connectivity index (χ1) is 8.61. The summed E-state index contributed by atoms with van der Waals surface area (Å²) in [5.41, 5.74) is 1.21. The summed E-state index contributed by atoms with van der Waals surface area (Å²) >= 11 is 3.52. The van der Waals surface area contributed by atoms with Crippen LogP contribution in [0.5, 0.6) is 11.5 Å². The first-order valence-corrected chi connectivity index (χ1v) is 7.22. The van der Waals surface area contributed by atoms with E-state index in [2.05, 4.69) is 48.1 Å². The van der Waals surface area contributed by atoms with Gasteiger partial charge in [0.15, 0.2) is 11.5 Å². The fourth-order valence-electron chi connectivity index (χ4n) is 2.22. The second-order valence-electron chi connectivity index (χ2n) is 4.95. The number of halogens is 1. The molecular formula is C14H20BrNO2. The number of nitrogens with one attached hydrogen (secondary N) is 1. The number of rotatable bonds is 5. The van der Waals surface area contributed by atoms with Crippen LogP contribution in [0.25, 0.3) is 0 Å². The molecule has 0 saturated carbocycles. The van der Waals surface area contributed by atoms with Crippen LogP contribution < -0.4 is 14.8 Å². The van der Waals surface area contributed by atoms with Gasteiger partial charge in [-0.15, -0.1) is 0 Å². The Morgan fingerprint density at radius 3 is 2.78 bits per heavy atom. The Bertz CT molecular complexity index is 421. The molecule has 1 aliphatic heterocycles. The molecule has 1 aromatic carbocycles. The van der Waals surface area contributed by atoms with E-state index < -0.39 is 0 Å². The second kappa shape index (κ2) is 5.93. The molecule has 100 valence electrons. The molecule has 1 heterocycles. The summed E-state index contributed by atoms with van der Waals surface area (Å²) in [4.78, 5) is 0. The van der Waals surface area contributed by atoms with Gasteiger partial charge >= 0.3 is 0 Å². The monoisotopic (exact) mass is 313 g/mol. The molecule has 1 aliphatic rings. The van der Waals surface area contributed by atoms with E-state index in [0.717, 1.165) is 28.9 Å². The minimum atomic E-state index is 0.314. The molecule has 18 heavy (non-hydrogen) atoms. The van der Waals surface area contributed by atoms with Crippen LogP contribution in [0, 0.1) is 5.92 Å². The lowest BCUT2D eigenvalue weighted by molar-refractivity contribution is 0.173. The maximum absolute atomic E-state index is 5.42. The van der Waals surface area contributed by atoms with Crippen LogP contribution in [-0.2, 0) is 6.54 Å². The molecule has 4 heteroatoms. The van der Waals surface area contributed by atoms with E-state index in [9.17, 15) is 0 Å². The molecule has 1 N–H and O–H groups in total. The SMILES string of the molecule is CCC(NCc1cc(Br)c2c(c1)OCO2)C(C)C. The zero-order chi connectivity index (χ0) is 13.1. The zero-order valence-electron chi connectivity index (χ0n) is 11.1. The minimum absolute atomic E-state index is 0.314. The van der Waals surface area contributed by atoms with Crippen LogP contribution in [0.3, 0.4) is 0 Å². The fourth-order valence-corrected chi connectivity index (χ4v) is 2.83. The summed E-state index contributed by atoms with van der Waals surface area (Å²) in [7, 11) is 0. The Morgan fingerprint density at radius 1 is 1.33 bits per heavy atom. The Labute approximate surface area is 117 Å². The van der Waals surface area contributed by atoms with E-state index in [0.29, 0.717) is 18.8 Å². The summed E-state index contributed by atoms with van der Waals surface area (Å²) in [6.07, 6.45) is 1.14. The topological polar surface area (TPSA) is 30.5 Å². The number of benzene rings is 1. The normalized spacial score (nSPS) is 15.2. The largest absolute Gasteiger partial charge is 0.454 e. The quantitative estimate of drug-likeness (QED) is 0.899. The van der Waals surface area contributed by atoms with Crippen molar-refractivity contribution in [2.24, 2.45) is 5.92 Å². The molecule has 1 aromatic rings. The van der Waals surface area contributed by atoms with E-state index in [1.54, 1.807) is 0 Å². The van der Waals surface area contributed by atoms with Crippen LogP contribution in [0.1, 0.15) is 32.8 Å². The highest BCUT2D eigenvalue weighted by Crippen LogP contribution is 2.39. The molecule has 0 fully saturated rings. The Morgan fingerprint density at radius 2 is 2.11 bits per heavy atom. The third kappa shape index (κ3) is 2.98. The zero-order valence-corrected chi connectivity index (χ0v) is 12.7. The molecular weight excluding hydrogens is 294 g/mol. The predicted molar refractivity (Wildman–Crippen MR) is 76.0 cm³/mol. The van der Waals surface area contributed by atoms with Gasteiger partial charge in [-0.3, -0.25) is 0 Å². The predicted octanol–water partition coefficient (Wildman–Crippen LogP) is 3.70. The van der Waals surface area contributed by atoms with Crippen molar-refractivity contribution in [3.05, 3.63) is 22.2 Å². The Hall–Kier alpha value is -0.740. The standard InChI is InChI=1S/C14H20BrNO2/c1-4-12(9(2)3)16-7-10-5-11(15)14-13(6-10)17-8-18-14/h5-6,9,12,16H,4,7-8H2,1-3H3. The maximum atomic E-state index is 5.42. The molecule has 1 atom stereocenters. The van der Waals surface area contributed by atoms with E-state index in [-0.39, 0.29) is 0 Å². The van der Waals surface area contributed by atoms with Crippen molar-refractivity contribution in [2.75, 3.05) is 6.79 Å². The number of hydrogen-bond acceptors (Lipinski definition) is 3. The smallest absolute Gasteiger partial charge is 0.231 e. The van der Waals surface area contributed by atoms with Gasteiger partial charge in [-0.05, 0) is 46.0 Å². The highest BCUT2D eigenvalue weighted by molar-refractivity contribution is 9.10. The van der Waals surface area contributed by atoms with E-state index >= 15 is 0 Å². The number of hydrogen-bond donors (Lipinski definition) is 1. The van der Waals surface area contributed by atoms with Gasteiger partial charge in [0.25, 0.3) is 0 Å². The van der Waals surface area contributed by atoms with Crippen LogP contribution >= 0.6 is 15.9 Å². The summed E-state index contributed by atoms with van der Waals surface area (Å²) in [5, 5.41) is 3.59. The Balaban J connectivity index is 2.04. The first-order valence-electron chi connectivity index (χ1n) is 6.43. The number of fused-ring (bicyclic) bond motifs is 1. The molecule has 0 amide bonds. The highest BCUT2D eigenvalue weighted by Gasteiger charge is 2.18. The molecule has 0 saturated heterocycles. The molecule has 0 aliphatic carbocycles. The van der Waals surface area contributed by atoms with E-state index in [1.165, 1.54) is 5.56 Å². The highest BCUT2D eigenvalue weighted by atomic mass is 79.9. The molecule has 1 unspecified atom stereocenters. The minimum Gasteiger partial charge on any atom is -0.454 e. The lowest BCUT2D eigenvalue weighted by Crippen LogP contribution is -2.32. The fraction of sp³-hybridized carbons (Fsp3) is 0.571.